The van der Waals surface area contributed by atoms with Crippen LogP contribution >= 0.6 is 0 Å². The minimum atomic E-state index is -1.64. The molecule has 24 heavy (non-hydrogen) atoms. The maximum atomic E-state index is 10.1. The van der Waals surface area contributed by atoms with Gasteiger partial charge in [-0.25, -0.2) is 4.98 Å². The van der Waals surface area contributed by atoms with Gasteiger partial charge in [-0.15, -0.1) is 0 Å². The average molecular weight is 331 g/mol. The molecule has 3 heterocycles. The van der Waals surface area contributed by atoms with Crippen molar-refractivity contribution in [3.05, 3.63) is 6.33 Å². The molecule has 2 aromatic heterocycles. The molecule has 0 amide bonds. The summed E-state index contributed by atoms with van der Waals surface area (Å²) in [6.45, 7) is -0.598. The van der Waals surface area contributed by atoms with E-state index in [9.17, 15) is 15.5 Å². The van der Waals surface area contributed by atoms with Gasteiger partial charge in [0.1, 0.15) is 18.4 Å². The van der Waals surface area contributed by atoms with Gasteiger partial charge in [-0.1, -0.05) is 0 Å². The van der Waals surface area contributed by atoms with Crippen LogP contribution in [0.5, 0.6) is 0 Å². The monoisotopic (exact) mass is 331 g/mol. The molecule has 2 aromatic rings. The number of fused-ring (bicyclic) bond motifs is 1. The van der Waals surface area contributed by atoms with Crippen molar-refractivity contribution in [1.29, 1.82) is 5.26 Å². The Morgan fingerprint density at radius 2 is 2.29 bits per heavy atom. The van der Waals surface area contributed by atoms with E-state index in [0.717, 1.165) is 12.8 Å². The first-order valence-corrected chi connectivity index (χ1v) is 7.71. The van der Waals surface area contributed by atoms with E-state index in [1.807, 2.05) is 6.07 Å². The van der Waals surface area contributed by atoms with Crippen molar-refractivity contribution in [3.63, 3.8) is 0 Å². The van der Waals surface area contributed by atoms with Crippen LogP contribution in [0, 0.1) is 11.3 Å². The number of hydrogen-bond donors (Lipinski definition) is 4. The van der Waals surface area contributed by atoms with Gasteiger partial charge in [-0.05, 0) is 12.8 Å². The minimum Gasteiger partial charge on any atom is -0.392 e. The van der Waals surface area contributed by atoms with E-state index in [4.69, 9.17) is 10.5 Å². The van der Waals surface area contributed by atoms with E-state index >= 15 is 0 Å². The van der Waals surface area contributed by atoms with Crippen molar-refractivity contribution in [3.8, 4) is 6.07 Å². The Morgan fingerprint density at radius 3 is 2.92 bits per heavy atom. The first kappa shape index (κ1) is 15.1. The number of nitrogen functional groups attached to an aromatic ring is 1. The standard InChI is InChI=1S/C14H17N7O3/c15-4-14(5-22)8(23)3-9(24-14)21-6-17-10-11(18-7-1-2-7)19-13(16)20-12(10)21/h6-9,22-23H,1-3,5H2,(H3,16,18,19,20)/t8-,9+,14+/m0/s1. The van der Waals surface area contributed by atoms with E-state index in [-0.39, 0.29) is 12.4 Å². The fourth-order valence-electron chi connectivity index (χ4n) is 2.87. The molecule has 0 radical (unpaired) electrons. The van der Waals surface area contributed by atoms with Crippen LogP contribution < -0.4 is 11.1 Å². The van der Waals surface area contributed by atoms with Crippen LogP contribution in [0.1, 0.15) is 25.5 Å². The molecule has 126 valence electrons. The molecule has 0 aromatic carbocycles. The zero-order valence-electron chi connectivity index (χ0n) is 12.8. The van der Waals surface area contributed by atoms with Crippen molar-refractivity contribution < 1.29 is 14.9 Å². The summed E-state index contributed by atoms with van der Waals surface area (Å²) < 4.78 is 7.23. The number of aromatic nitrogens is 4. The maximum absolute atomic E-state index is 10.1. The molecule has 1 aliphatic carbocycles. The third-order valence-corrected chi connectivity index (χ3v) is 4.40. The second-order valence-corrected chi connectivity index (χ2v) is 6.16. The Balaban J connectivity index is 1.73. The molecular formula is C14H17N7O3. The highest BCUT2D eigenvalue weighted by atomic mass is 16.6. The number of rotatable bonds is 4. The van der Waals surface area contributed by atoms with Crippen LogP contribution in [-0.4, -0.2) is 54.1 Å². The Bertz CT molecular complexity index is 828. The SMILES string of the molecule is N#C[C@]1(CO)O[C@@H](n2cnc3c(NC4CC4)nc(N)nc32)C[C@@H]1O. The van der Waals surface area contributed by atoms with Gasteiger partial charge in [0, 0.05) is 12.5 Å². The average Bonchev–Trinajstić information content (AvgIpc) is 3.17. The zero-order chi connectivity index (χ0) is 16.9. The van der Waals surface area contributed by atoms with E-state index in [0.29, 0.717) is 23.0 Å². The molecule has 10 nitrogen and oxygen atoms in total. The van der Waals surface area contributed by atoms with Crippen molar-refractivity contribution >= 4 is 22.9 Å². The summed E-state index contributed by atoms with van der Waals surface area (Å²) in [6, 6.07) is 2.22. The van der Waals surface area contributed by atoms with E-state index < -0.39 is 24.5 Å². The predicted octanol–water partition coefficient (Wildman–Crippen LogP) is -0.483. The molecule has 5 N–H and O–H groups in total. The van der Waals surface area contributed by atoms with Crippen LogP contribution in [-0.2, 0) is 4.74 Å². The van der Waals surface area contributed by atoms with Crippen LogP contribution in [0.3, 0.4) is 0 Å². The molecule has 0 bridgehead atoms. The second kappa shape index (κ2) is 5.27. The lowest BCUT2D eigenvalue weighted by molar-refractivity contribution is -0.0904. The number of hydrogen-bond acceptors (Lipinski definition) is 9. The topological polar surface area (TPSA) is 155 Å². The van der Waals surface area contributed by atoms with Crippen LogP contribution in [0.2, 0.25) is 0 Å². The van der Waals surface area contributed by atoms with Gasteiger partial charge in [0.05, 0.1) is 12.9 Å². The van der Waals surface area contributed by atoms with Gasteiger partial charge >= 0.3 is 0 Å². The lowest BCUT2D eigenvalue weighted by Crippen LogP contribution is -2.41. The molecule has 3 atom stereocenters. The molecular weight excluding hydrogens is 314 g/mol. The largest absolute Gasteiger partial charge is 0.392 e. The van der Waals surface area contributed by atoms with Crippen molar-refractivity contribution in [1.82, 2.24) is 19.5 Å². The Morgan fingerprint density at radius 1 is 1.50 bits per heavy atom. The van der Waals surface area contributed by atoms with Crippen LogP contribution in [0.4, 0.5) is 11.8 Å². The van der Waals surface area contributed by atoms with Crippen molar-refractivity contribution in [2.75, 3.05) is 17.7 Å². The molecule has 4 rings (SSSR count). The van der Waals surface area contributed by atoms with Gasteiger partial charge in [-0.3, -0.25) is 4.57 Å². The lowest BCUT2D eigenvalue weighted by atomic mass is 10.00. The summed E-state index contributed by atoms with van der Waals surface area (Å²) in [4.78, 5) is 12.7. The van der Waals surface area contributed by atoms with Crippen LogP contribution in [0.25, 0.3) is 11.2 Å². The number of aliphatic hydroxyl groups is 2. The van der Waals surface area contributed by atoms with Gasteiger partial charge in [0.15, 0.2) is 17.0 Å². The van der Waals surface area contributed by atoms with Gasteiger partial charge < -0.3 is 26.0 Å². The minimum absolute atomic E-state index is 0.0969. The number of ether oxygens (including phenoxy) is 1. The molecule has 0 spiro atoms. The molecule has 1 saturated heterocycles. The smallest absolute Gasteiger partial charge is 0.224 e. The summed E-state index contributed by atoms with van der Waals surface area (Å²) in [6.07, 6.45) is 2.00. The summed E-state index contributed by atoms with van der Waals surface area (Å²) in [5, 5.41) is 32.0. The maximum Gasteiger partial charge on any atom is 0.224 e. The zero-order valence-corrected chi connectivity index (χ0v) is 12.8. The molecule has 2 aliphatic rings. The third kappa shape index (κ3) is 2.25. The van der Waals surface area contributed by atoms with Crippen molar-refractivity contribution in [2.45, 2.75) is 43.2 Å². The normalized spacial score (nSPS) is 29.7. The van der Waals surface area contributed by atoms with E-state index in [1.165, 1.54) is 6.33 Å². The molecule has 1 aliphatic heterocycles. The number of nitrogens with zero attached hydrogens (tertiary/aromatic N) is 5. The first-order chi connectivity index (χ1) is 11.6. The van der Waals surface area contributed by atoms with E-state index in [2.05, 4.69) is 20.3 Å². The number of imidazole rings is 1. The summed E-state index contributed by atoms with van der Waals surface area (Å²) >= 11 is 0. The highest BCUT2D eigenvalue weighted by molar-refractivity contribution is 5.84. The van der Waals surface area contributed by atoms with E-state index in [1.54, 1.807) is 4.57 Å². The molecule has 10 heteroatoms. The third-order valence-electron chi connectivity index (χ3n) is 4.40. The highest BCUT2D eigenvalue weighted by Crippen LogP contribution is 2.38. The number of nitrogens with two attached hydrogens (primary N) is 1. The summed E-state index contributed by atoms with van der Waals surface area (Å²) in [5.41, 5.74) is 5.15. The predicted molar refractivity (Wildman–Crippen MR) is 82.6 cm³/mol. The molecule has 0 unspecified atom stereocenters. The second-order valence-electron chi connectivity index (χ2n) is 6.16. The summed E-state index contributed by atoms with van der Waals surface area (Å²) in [7, 11) is 0. The Hall–Kier alpha value is -2.48. The Labute approximate surface area is 136 Å². The Kier molecular flexibility index (Phi) is 3.31. The van der Waals surface area contributed by atoms with Gasteiger partial charge in [0.2, 0.25) is 11.5 Å². The highest BCUT2D eigenvalue weighted by Gasteiger charge is 2.49. The fourth-order valence-corrected chi connectivity index (χ4v) is 2.87. The van der Waals surface area contributed by atoms with Gasteiger partial charge in [-0.2, -0.15) is 15.2 Å². The van der Waals surface area contributed by atoms with Crippen molar-refractivity contribution in [2.24, 2.45) is 0 Å². The number of nitriles is 1. The fraction of sp³-hybridized carbons (Fsp3) is 0.571. The number of aliphatic hydroxyl groups excluding tert-OH is 2. The quantitative estimate of drug-likeness (QED) is 0.581. The van der Waals surface area contributed by atoms with Crippen LogP contribution in [0.15, 0.2) is 6.33 Å². The molecule has 2 fully saturated rings. The lowest BCUT2D eigenvalue weighted by Gasteiger charge is -2.21. The summed E-state index contributed by atoms with van der Waals surface area (Å²) in [5.74, 6) is 0.658. The number of nitrogens with one attached hydrogen (secondary N) is 1. The number of anilines is 2. The molecule has 1 saturated carbocycles. The van der Waals surface area contributed by atoms with Gasteiger partial charge in [0.25, 0.3) is 0 Å². The first-order valence-electron chi connectivity index (χ1n) is 7.71.